The van der Waals surface area contributed by atoms with E-state index in [4.69, 9.17) is 4.74 Å². The molecule has 2 aliphatic rings. The molecule has 0 aromatic carbocycles. The molecule has 9 heteroatoms. The predicted molar refractivity (Wildman–Crippen MR) is 106 cm³/mol. The number of carbonyl (C=O) groups excluding carboxylic acids is 1. The predicted octanol–water partition coefficient (Wildman–Crippen LogP) is 2.49. The molecule has 0 bridgehead atoms. The van der Waals surface area contributed by atoms with Crippen molar-refractivity contribution in [2.45, 2.75) is 56.2 Å². The molecule has 1 aliphatic carbocycles. The Morgan fingerprint density at radius 2 is 2.26 bits per heavy atom. The van der Waals surface area contributed by atoms with Crippen LogP contribution in [0.5, 0.6) is 0 Å². The van der Waals surface area contributed by atoms with Crippen LogP contribution in [0.1, 0.15) is 36.9 Å². The van der Waals surface area contributed by atoms with Gasteiger partial charge in [-0.15, -0.1) is 11.3 Å². The molecule has 3 heterocycles. The molecular weight excluding hydrogens is 384 g/mol. The van der Waals surface area contributed by atoms with E-state index in [2.05, 4.69) is 15.3 Å². The summed E-state index contributed by atoms with van der Waals surface area (Å²) in [6.07, 6.45) is 7.77. The highest BCUT2D eigenvalue weighted by Crippen LogP contribution is 2.29. The van der Waals surface area contributed by atoms with Crippen molar-refractivity contribution in [2.75, 3.05) is 17.7 Å². The van der Waals surface area contributed by atoms with Crippen LogP contribution in [0.3, 0.4) is 0 Å². The fourth-order valence-corrected chi connectivity index (χ4v) is 5.04. The van der Waals surface area contributed by atoms with Crippen LogP contribution in [0.2, 0.25) is 0 Å². The molecule has 2 aromatic heterocycles. The van der Waals surface area contributed by atoms with Crippen molar-refractivity contribution in [3.63, 3.8) is 0 Å². The summed E-state index contributed by atoms with van der Waals surface area (Å²) in [5.74, 6) is 0.0821. The third-order valence-corrected chi connectivity index (χ3v) is 6.59. The van der Waals surface area contributed by atoms with E-state index >= 15 is 0 Å². The summed E-state index contributed by atoms with van der Waals surface area (Å²) >= 11 is 2.72. The van der Waals surface area contributed by atoms with Gasteiger partial charge >= 0.3 is 5.69 Å². The number of hydrogen-bond acceptors (Lipinski definition) is 7. The highest BCUT2D eigenvalue weighted by molar-refractivity contribution is 8.00. The van der Waals surface area contributed by atoms with E-state index < -0.39 is 0 Å². The zero-order chi connectivity index (χ0) is 18.6. The van der Waals surface area contributed by atoms with Crippen molar-refractivity contribution in [1.29, 1.82) is 0 Å². The average Bonchev–Trinajstić information content (AvgIpc) is 3.36. The molecule has 0 saturated carbocycles. The van der Waals surface area contributed by atoms with Gasteiger partial charge in [-0.2, -0.15) is 4.98 Å². The van der Waals surface area contributed by atoms with E-state index in [0.29, 0.717) is 16.7 Å². The number of fused-ring (bicyclic) bond motifs is 1. The summed E-state index contributed by atoms with van der Waals surface area (Å²) in [6.45, 7) is 1.36. The minimum Gasteiger partial charge on any atom is -0.376 e. The quantitative estimate of drug-likeness (QED) is 0.586. The molecule has 1 atom stereocenters. The monoisotopic (exact) mass is 406 g/mol. The number of amides is 1. The molecule has 2 aromatic rings. The molecule has 1 aliphatic heterocycles. The maximum Gasteiger partial charge on any atom is 0.348 e. The lowest BCUT2D eigenvalue weighted by Crippen LogP contribution is -2.34. The number of aromatic nitrogens is 3. The second-order valence-corrected chi connectivity index (χ2v) is 8.61. The summed E-state index contributed by atoms with van der Waals surface area (Å²) < 4.78 is 7.52. The van der Waals surface area contributed by atoms with E-state index in [1.807, 2.05) is 9.95 Å². The summed E-state index contributed by atoms with van der Waals surface area (Å²) in [7, 11) is 0. The van der Waals surface area contributed by atoms with Gasteiger partial charge in [-0.05, 0) is 38.5 Å². The largest absolute Gasteiger partial charge is 0.376 e. The molecule has 1 saturated heterocycles. The number of hydrogen-bond donors (Lipinski definition) is 1. The lowest BCUT2D eigenvalue weighted by atomic mass is 9.97. The molecule has 144 valence electrons. The number of thiazole rings is 1. The maximum absolute atomic E-state index is 12.7. The molecule has 1 unspecified atom stereocenters. The number of anilines is 1. The standard InChI is InChI=1S/C18H22N4O3S2/c23-15(20-17-19-7-9-26-17)11-27-16-13-5-1-2-6-14(13)22(18(24)21-16)10-12-4-3-8-25-12/h7,9,12H,1-6,8,10-11H2,(H,19,20,23). The van der Waals surface area contributed by atoms with Gasteiger partial charge < -0.3 is 10.1 Å². The van der Waals surface area contributed by atoms with Gasteiger partial charge in [0.05, 0.1) is 18.4 Å². The Kier molecular flexibility index (Phi) is 5.89. The van der Waals surface area contributed by atoms with Gasteiger partial charge in [-0.1, -0.05) is 11.8 Å². The van der Waals surface area contributed by atoms with Crippen molar-refractivity contribution >= 4 is 34.1 Å². The van der Waals surface area contributed by atoms with Crippen LogP contribution in [0.25, 0.3) is 0 Å². The van der Waals surface area contributed by atoms with Crippen LogP contribution in [-0.2, 0) is 28.9 Å². The van der Waals surface area contributed by atoms with Gasteiger partial charge in [-0.25, -0.2) is 9.78 Å². The van der Waals surface area contributed by atoms with Crippen LogP contribution < -0.4 is 11.0 Å². The fraction of sp³-hybridized carbons (Fsp3) is 0.556. The fourth-order valence-electron chi connectivity index (χ4n) is 3.62. The summed E-state index contributed by atoms with van der Waals surface area (Å²) in [6, 6.07) is 0. The second kappa shape index (κ2) is 8.53. The molecule has 1 N–H and O–H groups in total. The first kappa shape index (κ1) is 18.6. The van der Waals surface area contributed by atoms with E-state index in [1.54, 1.807) is 6.20 Å². The number of nitrogens with one attached hydrogen (secondary N) is 1. The Bertz CT molecular complexity index is 860. The lowest BCUT2D eigenvalue weighted by molar-refractivity contribution is -0.113. The Morgan fingerprint density at radius 1 is 1.37 bits per heavy atom. The van der Waals surface area contributed by atoms with Gasteiger partial charge in [-0.3, -0.25) is 9.36 Å². The topological polar surface area (TPSA) is 86.1 Å². The summed E-state index contributed by atoms with van der Waals surface area (Å²) in [4.78, 5) is 33.2. The van der Waals surface area contributed by atoms with Crippen LogP contribution in [0.4, 0.5) is 5.13 Å². The van der Waals surface area contributed by atoms with Crippen LogP contribution in [0.15, 0.2) is 21.4 Å². The van der Waals surface area contributed by atoms with Crippen molar-refractivity contribution in [3.8, 4) is 0 Å². The molecule has 0 radical (unpaired) electrons. The summed E-state index contributed by atoms with van der Waals surface area (Å²) in [5, 5.41) is 5.87. The zero-order valence-electron chi connectivity index (χ0n) is 15.0. The molecule has 4 rings (SSSR count). The zero-order valence-corrected chi connectivity index (χ0v) is 16.6. The minimum absolute atomic E-state index is 0.109. The van der Waals surface area contributed by atoms with Crippen LogP contribution in [-0.4, -0.2) is 38.9 Å². The summed E-state index contributed by atoms with van der Waals surface area (Å²) in [5.41, 5.74) is 1.99. The molecule has 0 spiro atoms. The van der Waals surface area contributed by atoms with E-state index in [1.165, 1.54) is 23.1 Å². The highest BCUT2D eigenvalue weighted by Gasteiger charge is 2.24. The number of rotatable bonds is 6. The lowest BCUT2D eigenvalue weighted by Gasteiger charge is -2.24. The van der Waals surface area contributed by atoms with Crippen LogP contribution >= 0.6 is 23.1 Å². The van der Waals surface area contributed by atoms with E-state index in [9.17, 15) is 9.59 Å². The number of ether oxygens (including phenoxy) is 1. The maximum atomic E-state index is 12.7. The van der Waals surface area contributed by atoms with Crippen molar-refractivity contribution in [1.82, 2.24) is 14.5 Å². The highest BCUT2D eigenvalue weighted by atomic mass is 32.2. The number of nitrogens with zero attached hydrogens (tertiary/aromatic N) is 3. The SMILES string of the molecule is O=C(CSc1nc(=O)n(CC2CCCO2)c2c1CCCC2)Nc1nccs1. The van der Waals surface area contributed by atoms with Gasteiger partial charge in [0.25, 0.3) is 0 Å². The van der Waals surface area contributed by atoms with Gasteiger partial charge in [0, 0.05) is 29.4 Å². The Morgan fingerprint density at radius 3 is 3.04 bits per heavy atom. The first-order chi connectivity index (χ1) is 13.2. The average molecular weight is 407 g/mol. The normalized spacial score (nSPS) is 19.0. The molecule has 27 heavy (non-hydrogen) atoms. The third-order valence-electron chi connectivity index (χ3n) is 4.88. The number of thioether (sulfide) groups is 1. The second-order valence-electron chi connectivity index (χ2n) is 6.75. The van der Waals surface area contributed by atoms with Gasteiger partial charge in [0.1, 0.15) is 5.03 Å². The molecular formula is C18H22N4O3S2. The van der Waals surface area contributed by atoms with Gasteiger partial charge in [0.2, 0.25) is 5.91 Å². The van der Waals surface area contributed by atoms with E-state index in [0.717, 1.165) is 56.4 Å². The smallest absolute Gasteiger partial charge is 0.348 e. The first-order valence-corrected chi connectivity index (χ1v) is 11.1. The minimum atomic E-state index is -0.228. The molecule has 1 fully saturated rings. The Labute approximate surface area is 165 Å². The van der Waals surface area contributed by atoms with Crippen molar-refractivity contribution < 1.29 is 9.53 Å². The van der Waals surface area contributed by atoms with Crippen molar-refractivity contribution in [2.24, 2.45) is 0 Å². The van der Waals surface area contributed by atoms with Gasteiger partial charge in [0.15, 0.2) is 5.13 Å². The van der Waals surface area contributed by atoms with E-state index in [-0.39, 0.29) is 23.5 Å². The van der Waals surface area contributed by atoms with Crippen LogP contribution in [0, 0.1) is 0 Å². The van der Waals surface area contributed by atoms with Crippen molar-refractivity contribution in [3.05, 3.63) is 33.3 Å². The first-order valence-electron chi connectivity index (χ1n) is 9.27. The molecule has 7 nitrogen and oxygen atoms in total. The third kappa shape index (κ3) is 4.41. The Balaban J connectivity index is 1.51. The Hall–Kier alpha value is -1.71. The number of carbonyl (C=O) groups is 1. The molecule has 1 amide bonds.